The summed E-state index contributed by atoms with van der Waals surface area (Å²) in [5.74, 6) is -0.570. The molecule has 10 heteroatoms. The number of esters is 1. The summed E-state index contributed by atoms with van der Waals surface area (Å²) in [7, 11) is 1.16. The van der Waals surface area contributed by atoms with E-state index in [9.17, 15) is 19.0 Å². The molecule has 0 bridgehead atoms. The number of amides is 1. The van der Waals surface area contributed by atoms with Crippen LogP contribution in [0.2, 0.25) is 0 Å². The SMILES string of the molecule is CC/C=C\C/C=C\C/C=C\C/C=C\C/C=C\CCCCCCCCCC(=O)NC(COP(=O)([O-])OCC[N+](C)(C)C)C(/C=C\CCCCCCCCCCCCC)OC(=O)CCCCCCCC/C=C\C/C=C\C/C=C\CCCCC. The lowest BCUT2D eigenvalue weighted by Crippen LogP contribution is -2.47. The largest absolute Gasteiger partial charge is 0.756 e. The van der Waals surface area contributed by atoms with E-state index in [1.54, 1.807) is 0 Å². The number of phosphoric ester groups is 1. The zero-order valence-corrected chi connectivity index (χ0v) is 54.1. The molecule has 0 aliphatic carbocycles. The summed E-state index contributed by atoms with van der Waals surface area (Å²) in [5, 5.41) is 3.03. The van der Waals surface area contributed by atoms with Gasteiger partial charge < -0.3 is 28.5 Å². The maximum Gasteiger partial charge on any atom is 0.306 e. The molecule has 0 spiro atoms. The third kappa shape index (κ3) is 61.1. The Hall–Kier alpha value is -3.33. The number of quaternary nitrogens is 1. The number of hydrogen-bond acceptors (Lipinski definition) is 7. The zero-order chi connectivity index (χ0) is 59.3. The lowest BCUT2D eigenvalue weighted by atomic mass is 10.0. The second-order valence-corrected chi connectivity index (χ2v) is 24.6. The number of carbonyl (C=O) groups excluding carboxylic acids is 2. The Morgan fingerprint density at radius 3 is 1.21 bits per heavy atom. The Bertz CT molecular complexity index is 1750. The molecule has 3 unspecified atom stereocenters. The van der Waals surface area contributed by atoms with Crippen molar-refractivity contribution in [2.75, 3.05) is 40.9 Å². The summed E-state index contributed by atoms with van der Waals surface area (Å²) in [4.78, 5) is 40.1. The molecule has 81 heavy (non-hydrogen) atoms. The highest BCUT2D eigenvalue weighted by molar-refractivity contribution is 7.45. The van der Waals surface area contributed by atoms with Gasteiger partial charge in [0.05, 0.1) is 33.8 Å². The molecule has 466 valence electrons. The standard InChI is InChI=1S/C71H125N2O7P/c1-7-10-13-16-19-22-25-28-30-32-34-35-36-37-39-40-42-45-48-51-54-57-60-63-70(74)72-68(67-79-81(76,77)78-66-65-73(4,5)6)69(62-59-56-53-50-47-44-27-24-21-18-15-12-9-3)80-71(75)64-61-58-55-52-49-46-43-41-38-33-31-29-26-23-20-17-14-11-8-2/h10,13,19-20,22-23,28-31,34-35,37-39,41,59,62,68-69H,7-9,11-12,14-18,21,24-27,32-33,36,40,42-58,60-61,63-67H2,1-6H3,(H-,72,74,76,77)/b13-10-,22-19-,23-20-,30-28-,31-29-,35-34-,39-37-,41-38-,62-59-. The molecule has 0 aromatic carbocycles. The highest BCUT2D eigenvalue weighted by Crippen LogP contribution is 2.38. The summed E-state index contributed by atoms with van der Waals surface area (Å²) in [5.41, 5.74) is 0. The smallest absolute Gasteiger partial charge is 0.306 e. The highest BCUT2D eigenvalue weighted by atomic mass is 31.2. The number of rotatable bonds is 59. The Kier molecular flexibility index (Phi) is 57.4. The molecule has 1 N–H and O–H groups in total. The first-order valence-corrected chi connectivity index (χ1v) is 34.7. The van der Waals surface area contributed by atoms with Gasteiger partial charge in [-0.3, -0.25) is 14.2 Å². The summed E-state index contributed by atoms with van der Waals surface area (Å²) >= 11 is 0. The van der Waals surface area contributed by atoms with Gasteiger partial charge in [0.15, 0.2) is 0 Å². The monoisotopic (exact) mass is 1150 g/mol. The second kappa shape index (κ2) is 59.8. The van der Waals surface area contributed by atoms with Crippen LogP contribution >= 0.6 is 7.82 Å². The predicted octanol–water partition coefficient (Wildman–Crippen LogP) is 20.3. The fourth-order valence-corrected chi connectivity index (χ4v) is 9.81. The molecule has 3 atom stereocenters. The summed E-state index contributed by atoms with van der Waals surface area (Å²) in [6, 6.07) is -0.908. The molecule has 0 saturated carbocycles. The summed E-state index contributed by atoms with van der Waals surface area (Å²) in [6.45, 7) is 6.69. The van der Waals surface area contributed by atoms with Crippen molar-refractivity contribution in [2.24, 2.45) is 0 Å². The minimum absolute atomic E-state index is 0.0322. The first kappa shape index (κ1) is 77.7. The van der Waals surface area contributed by atoms with E-state index < -0.39 is 26.6 Å². The maximum absolute atomic E-state index is 13.6. The van der Waals surface area contributed by atoms with Crippen LogP contribution in [0.15, 0.2) is 109 Å². The van der Waals surface area contributed by atoms with Crippen LogP contribution in [0.25, 0.3) is 0 Å². The van der Waals surface area contributed by atoms with E-state index >= 15 is 0 Å². The number of nitrogens with zero attached hydrogens (tertiary/aromatic N) is 1. The number of hydrogen-bond donors (Lipinski definition) is 1. The van der Waals surface area contributed by atoms with Crippen LogP contribution in [0.5, 0.6) is 0 Å². The number of phosphoric acid groups is 1. The van der Waals surface area contributed by atoms with E-state index in [1.807, 2.05) is 33.3 Å². The molecular formula is C71H125N2O7P. The number of unbranched alkanes of at least 4 members (excludes halogenated alkanes) is 27. The lowest BCUT2D eigenvalue weighted by molar-refractivity contribution is -0.870. The normalized spacial score (nSPS) is 14.3. The maximum atomic E-state index is 13.6. The molecule has 1 amide bonds. The Morgan fingerprint density at radius 2 is 0.790 bits per heavy atom. The third-order valence-electron chi connectivity index (χ3n) is 14.2. The van der Waals surface area contributed by atoms with E-state index in [1.165, 1.54) is 103 Å². The van der Waals surface area contributed by atoms with Gasteiger partial charge >= 0.3 is 5.97 Å². The number of likely N-dealkylation sites (N-methyl/N-ethyl adjacent to an activating group) is 1. The number of ether oxygens (including phenoxy) is 1. The van der Waals surface area contributed by atoms with Crippen molar-refractivity contribution >= 4 is 19.7 Å². The van der Waals surface area contributed by atoms with Gasteiger partial charge in [-0.1, -0.05) is 259 Å². The van der Waals surface area contributed by atoms with Crippen molar-refractivity contribution in [2.45, 2.75) is 290 Å². The first-order chi connectivity index (χ1) is 39.4. The molecule has 0 radical (unpaired) electrons. The molecule has 0 aliphatic heterocycles. The molecule has 0 rings (SSSR count). The Labute approximate surface area is 500 Å². The molecule has 0 saturated heterocycles. The van der Waals surface area contributed by atoms with Gasteiger partial charge in [-0.15, -0.1) is 0 Å². The Balaban J connectivity index is 5.26. The number of allylic oxidation sites excluding steroid dienone is 17. The van der Waals surface area contributed by atoms with Crippen LogP contribution in [-0.4, -0.2) is 69.4 Å². The Morgan fingerprint density at radius 1 is 0.444 bits per heavy atom. The van der Waals surface area contributed by atoms with E-state index in [0.29, 0.717) is 23.9 Å². The van der Waals surface area contributed by atoms with Crippen LogP contribution in [-0.2, 0) is 27.9 Å². The molecule has 0 aromatic heterocycles. The molecule has 0 fully saturated rings. The van der Waals surface area contributed by atoms with E-state index in [4.69, 9.17) is 13.8 Å². The summed E-state index contributed by atoms with van der Waals surface area (Å²) < 4.78 is 30.4. The summed E-state index contributed by atoms with van der Waals surface area (Å²) in [6.07, 6.45) is 81.9. The number of nitrogens with one attached hydrogen (secondary N) is 1. The minimum Gasteiger partial charge on any atom is -0.756 e. The van der Waals surface area contributed by atoms with Crippen molar-refractivity contribution in [1.82, 2.24) is 5.32 Å². The van der Waals surface area contributed by atoms with E-state index in [2.05, 4.69) is 123 Å². The molecule has 0 aromatic rings. The van der Waals surface area contributed by atoms with Crippen LogP contribution in [0, 0.1) is 0 Å². The van der Waals surface area contributed by atoms with Crippen LogP contribution in [0.3, 0.4) is 0 Å². The van der Waals surface area contributed by atoms with Gasteiger partial charge in [-0.2, -0.15) is 0 Å². The molecule has 9 nitrogen and oxygen atoms in total. The highest BCUT2D eigenvalue weighted by Gasteiger charge is 2.27. The van der Waals surface area contributed by atoms with Crippen molar-refractivity contribution in [1.29, 1.82) is 0 Å². The predicted molar refractivity (Wildman–Crippen MR) is 348 cm³/mol. The zero-order valence-electron chi connectivity index (χ0n) is 53.2. The van der Waals surface area contributed by atoms with Crippen LogP contribution < -0.4 is 10.2 Å². The van der Waals surface area contributed by atoms with Crippen LogP contribution in [0.1, 0.15) is 278 Å². The van der Waals surface area contributed by atoms with Gasteiger partial charge in [-0.05, 0) is 115 Å². The quantitative estimate of drug-likeness (QED) is 0.0212. The molecular weight excluding hydrogens is 1020 g/mol. The number of carbonyl (C=O) groups is 2. The average molecular weight is 1150 g/mol. The van der Waals surface area contributed by atoms with E-state index in [0.717, 1.165) is 135 Å². The molecule has 0 aliphatic rings. The minimum atomic E-state index is -4.72. The van der Waals surface area contributed by atoms with Crippen molar-refractivity contribution in [3.05, 3.63) is 109 Å². The van der Waals surface area contributed by atoms with Crippen molar-refractivity contribution in [3.63, 3.8) is 0 Å². The van der Waals surface area contributed by atoms with Gasteiger partial charge in [-0.25, -0.2) is 0 Å². The third-order valence-corrected chi connectivity index (χ3v) is 15.2. The van der Waals surface area contributed by atoms with Gasteiger partial charge in [0.1, 0.15) is 19.3 Å². The fourth-order valence-electron chi connectivity index (χ4n) is 9.08. The van der Waals surface area contributed by atoms with Gasteiger partial charge in [0, 0.05) is 12.8 Å². The average Bonchev–Trinajstić information content (AvgIpc) is 3.44. The van der Waals surface area contributed by atoms with Gasteiger partial charge in [0.25, 0.3) is 7.82 Å². The molecule has 0 heterocycles. The van der Waals surface area contributed by atoms with Crippen LogP contribution in [0.4, 0.5) is 0 Å². The fraction of sp³-hybridized carbons (Fsp3) is 0.718. The second-order valence-electron chi connectivity index (χ2n) is 23.2. The lowest BCUT2D eigenvalue weighted by Gasteiger charge is -2.30. The van der Waals surface area contributed by atoms with Crippen molar-refractivity contribution in [3.8, 4) is 0 Å². The van der Waals surface area contributed by atoms with Gasteiger partial charge in [0.2, 0.25) is 5.91 Å². The topological polar surface area (TPSA) is 114 Å². The van der Waals surface area contributed by atoms with Crippen molar-refractivity contribution < 1.29 is 37.3 Å². The first-order valence-electron chi connectivity index (χ1n) is 33.2. The van der Waals surface area contributed by atoms with E-state index in [-0.39, 0.29) is 24.9 Å².